The van der Waals surface area contributed by atoms with Crippen LogP contribution in [-0.4, -0.2) is 27.1 Å². The molecule has 0 aliphatic heterocycles. The molecule has 31 heavy (non-hydrogen) atoms. The number of aromatic nitrogens is 2. The number of rotatable bonds is 6. The van der Waals surface area contributed by atoms with E-state index in [2.05, 4.69) is 20.6 Å². The Kier molecular flexibility index (Phi) is 5.75. The van der Waals surface area contributed by atoms with Gasteiger partial charge in [0.05, 0.1) is 17.5 Å². The van der Waals surface area contributed by atoms with Crippen LogP contribution >= 0.6 is 0 Å². The molecular formula is C24H20N4O3. The number of anilines is 1. The first-order valence-electron chi connectivity index (χ1n) is 9.66. The number of carboxylic acids is 1. The zero-order valence-corrected chi connectivity index (χ0v) is 16.5. The number of carbonyl (C=O) groups excluding carboxylic acids is 1. The van der Waals surface area contributed by atoms with E-state index in [-0.39, 0.29) is 11.6 Å². The van der Waals surface area contributed by atoms with Crippen molar-refractivity contribution in [3.8, 4) is 0 Å². The Labute approximate surface area is 178 Å². The lowest BCUT2D eigenvalue weighted by Gasteiger charge is -2.08. The van der Waals surface area contributed by atoms with Crippen LogP contribution in [0, 0.1) is 0 Å². The van der Waals surface area contributed by atoms with Gasteiger partial charge in [0, 0.05) is 23.7 Å². The molecule has 0 bridgehead atoms. The minimum atomic E-state index is -1.02. The second kappa shape index (κ2) is 8.96. The molecule has 2 aromatic heterocycles. The van der Waals surface area contributed by atoms with Crippen molar-refractivity contribution in [3.05, 3.63) is 95.8 Å². The quantitative estimate of drug-likeness (QED) is 0.350. The molecule has 7 nitrogen and oxygen atoms in total. The molecule has 0 fully saturated rings. The first-order chi connectivity index (χ1) is 15.1. The molecular weight excluding hydrogens is 392 g/mol. The molecule has 4 N–H and O–H groups in total. The van der Waals surface area contributed by atoms with Crippen LogP contribution in [0.3, 0.4) is 0 Å². The van der Waals surface area contributed by atoms with Crippen molar-refractivity contribution in [1.29, 1.82) is 0 Å². The number of hydrogen-bond donors (Lipinski definition) is 4. The van der Waals surface area contributed by atoms with Crippen LogP contribution in [0.1, 0.15) is 16.7 Å². The summed E-state index contributed by atoms with van der Waals surface area (Å²) in [5.41, 5.74) is 3.53. The molecule has 154 valence electrons. The van der Waals surface area contributed by atoms with E-state index < -0.39 is 5.97 Å². The predicted molar refractivity (Wildman–Crippen MR) is 120 cm³/mol. The van der Waals surface area contributed by atoms with Crippen molar-refractivity contribution in [1.82, 2.24) is 15.3 Å². The highest BCUT2D eigenvalue weighted by Crippen LogP contribution is 2.25. The molecule has 2 heterocycles. The summed E-state index contributed by atoms with van der Waals surface area (Å²) in [4.78, 5) is 31.4. The van der Waals surface area contributed by atoms with E-state index >= 15 is 0 Å². The van der Waals surface area contributed by atoms with E-state index in [9.17, 15) is 14.7 Å². The second-order valence-corrected chi connectivity index (χ2v) is 6.89. The molecule has 2 aromatic carbocycles. The normalized spacial score (nSPS) is 11.3. The Morgan fingerprint density at radius 1 is 1.03 bits per heavy atom. The van der Waals surface area contributed by atoms with Gasteiger partial charge in [0.1, 0.15) is 5.65 Å². The van der Waals surface area contributed by atoms with Gasteiger partial charge < -0.3 is 20.7 Å². The maximum atomic E-state index is 12.2. The molecule has 0 spiro atoms. The van der Waals surface area contributed by atoms with Crippen molar-refractivity contribution < 1.29 is 14.7 Å². The van der Waals surface area contributed by atoms with Gasteiger partial charge >= 0.3 is 12.0 Å². The Bertz CT molecular complexity index is 1250. The number of carboxylic acid groups (broad SMARTS) is 1. The number of aromatic amines is 1. The summed E-state index contributed by atoms with van der Waals surface area (Å²) in [6.07, 6.45) is 4.84. The van der Waals surface area contributed by atoms with Crippen LogP contribution in [0.5, 0.6) is 0 Å². The number of fused-ring (bicyclic) bond motifs is 1. The second-order valence-electron chi connectivity index (χ2n) is 6.89. The Balaban J connectivity index is 1.56. The molecule has 0 unspecified atom stereocenters. The zero-order chi connectivity index (χ0) is 21.6. The van der Waals surface area contributed by atoms with Gasteiger partial charge in [0.2, 0.25) is 0 Å². The van der Waals surface area contributed by atoms with Crippen LogP contribution in [0.2, 0.25) is 0 Å². The van der Waals surface area contributed by atoms with Crippen molar-refractivity contribution >= 4 is 40.4 Å². The van der Waals surface area contributed by atoms with Crippen molar-refractivity contribution in [2.24, 2.45) is 0 Å². The number of benzene rings is 2. The third kappa shape index (κ3) is 4.79. The van der Waals surface area contributed by atoms with Gasteiger partial charge in [-0.05, 0) is 23.3 Å². The zero-order valence-electron chi connectivity index (χ0n) is 16.5. The Morgan fingerprint density at radius 2 is 1.74 bits per heavy atom. The SMILES string of the molecule is O=C(NCc1ccccc1)Nc1cnc2[nH]cc(C=C(C(=O)O)c3ccccc3)c2c1. The first kappa shape index (κ1) is 19.9. The molecule has 7 heteroatoms. The third-order valence-electron chi connectivity index (χ3n) is 4.73. The Morgan fingerprint density at radius 3 is 2.45 bits per heavy atom. The fourth-order valence-corrected chi connectivity index (χ4v) is 3.21. The van der Waals surface area contributed by atoms with Gasteiger partial charge in [0.15, 0.2) is 0 Å². The smallest absolute Gasteiger partial charge is 0.336 e. The van der Waals surface area contributed by atoms with Gasteiger partial charge in [-0.1, -0.05) is 60.7 Å². The van der Waals surface area contributed by atoms with Gasteiger partial charge in [-0.3, -0.25) is 0 Å². The first-order valence-corrected chi connectivity index (χ1v) is 9.66. The van der Waals surface area contributed by atoms with E-state index in [4.69, 9.17) is 0 Å². The maximum Gasteiger partial charge on any atom is 0.336 e. The number of urea groups is 1. The molecule has 4 rings (SSSR count). The molecule has 0 aliphatic rings. The summed E-state index contributed by atoms with van der Waals surface area (Å²) in [7, 11) is 0. The number of nitrogens with zero attached hydrogens (tertiary/aromatic N) is 1. The highest BCUT2D eigenvalue weighted by molar-refractivity contribution is 6.21. The fraction of sp³-hybridized carbons (Fsp3) is 0.0417. The van der Waals surface area contributed by atoms with Gasteiger partial charge in [-0.15, -0.1) is 0 Å². The van der Waals surface area contributed by atoms with Gasteiger partial charge in [0.25, 0.3) is 0 Å². The predicted octanol–water partition coefficient (Wildman–Crippen LogP) is 4.51. The van der Waals surface area contributed by atoms with E-state index in [1.807, 2.05) is 36.4 Å². The minimum absolute atomic E-state index is 0.167. The number of amides is 2. The number of H-pyrrole nitrogens is 1. The van der Waals surface area contributed by atoms with E-state index in [1.165, 1.54) is 0 Å². The van der Waals surface area contributed by atoms with E-state index in [0.29, 0.717) is 34.4 Å². The molecule has 0 radical (unpaired) electrons. The highest BCUT2D eigenvalue weighted by atomic mass is 16.4. The van der Waals surface area contributed by atoms with E-state index in [1.54, 1.807) is 48.8 Å². The number of aliphatic carboxylic acids is 1. The van der Waals surface area contributed by atoms with Crippen LogP contribution in [0.15, 0.2) is 79.1 Å². The average molecular weight is 412 g/mol. The summed E-state index contributed by atoms with van der Waals surface area (Å²) in [6, 6.07) is 19.9. The van der Waals surface area contributed by atoms with Gasteiger partial charge in [-0.2, -0.15) is 0 Å². The van der Waals surface area contributed by atoms with E-state index in [0.717, 1.165) is 5.56 Å². The lowest BCUT2D eigenvalue weighted by molar-refractivity contribution is -0.130. The molecule has 2 amide bonds. The minimum Gasteiger partial charge on any atom is -0.478 e. The number of pyridine rings is 1. The monoisotopic (exact) mass is 412 g/mol. The summed E-state index contributed by atoms with van der Waals surface area (Å²) in [5.74, 6) is -1.02. The highest BCUT2D eigenvalue weighted by Gasteiger charge is 2.13. The summed E-state index contributed by atoms with van der Waals surface area (Å²) >= 11 is 0. The summed E-state index contributed by atoms with van der Waals surface area (Å²) in [5, 5.41) is 15.9. The van der Waals surface area contributed by atoms with Crippen LogP contribution in [0.25, 0.3) is 22.7 Å². The summed E-state index contributed by atoms with van der Waals surface area (Å²) < 4.78 is 0. The third-order valence-corrected chi connectivity index (χ3v) is 4.73. The van der Waals surface area contributed by atoms with Gasteiger partial charge in [-0.25, -0.2) is 14.6 Å². The molecule has 4 aromatic rings. The maximum absolute atomic E-state index is 12.2. The van der Waals surface area contributed by atoms with Crippen molar-refractivity contribution in [2.75, 3.05) is 5.32 Å². The van der Waals surface area contributed by atoms with Crippen molar-refractivity contribution in [2.45, 2.75) is 6.54 Å². The molecule has 0 aliphatic carbocycles. The largest absolute Gasteiger partial charge is 0.478 e. The van der Waals surface area contributed by atoms with Crippen LogP contribution in [-0.2, 0) is 11.3 Å². The molecule has 0 saturated heterocycles. The number of carbonyl (C=O) groups is 2. The fourth-order valence-electron chi connectivity index (χ4n) is 3.21. The molecule has 0 atom stereocenters. The molecule has 0 saturated carbocycles. The van der Waals surface area contributed by atoms with Crippen molar-refractivity contribution in [3.63, 3.8) is 0 Å². The average Bonchev–Trinajstić information content (AvgIpc) is 3.19. The van der Waals surface area contributed by atoms with Crippen LogP contribution in [0.4, 0.5) is 10.5 Å². The number of nitrogens with one attached hydrogen (secondary N) is 3. The lowest BCUT2D eigenvalue weighted by Crippen LogP contribution is -2.28. The topological polar surface area (TPSA) is 107 Å². The number of hydrogen-bond acceptors (Lipinski definition) is 3. The standard InChI is InChI=1S/C24H20N4O3/c29-23(30)21(17-9-5-2-6-10-17)11-18-14-25-22-20(18)12-19(15-26-22)28-24(31)27-13-16-7-3-1-4-8-16/h1-12,14-15H,13H2,(H,25,26)(H,29,30)(H2,27,28,31). The van der Waals surface area contributed by atoms with Crippen LogP contribution < -0.4 is 10.6 Å². The Hall–Kier alpha value is -4.39. The lowest BCUT2D eigenvalue weighted by atomic mass is 10.0. The summed E-state index contributed by atoms with van der Waals surface area (Å²) in [6.45, 7) is 0.402.